The molecule has 1 heteroatoms. The van der Waals surface area contributed by atoms with Crippen LogP contribution < -0.4 is 0 Å². The van der Waals surface area contributed by atoms with Crippen molar-refractivity contribution in [3.8, 4) is 0 Å². The van der Waals surface area contributed by atoms with Crippen molar-refractivity contribution in [2.24, 2.45) is 5.41 Å². The van der Waals surface area contributed by atoms with Gasteiger partial charge in [0.05, 0.1) is 0 Å². The summed E-state index contributed by atoms with van der Waals surface area (Å²) >= 11 is 0. The van der Waals surface area contributed by atoms with E-state index in [-0.39, 0.29) is 5.41 Å². The fourth-order valence-electron chi connectivity index (χ4n) is 2.49. The van der Waals surface area contributed by atoms with Gasteiger partial charge in [-0.25, -0.2) is 0 Å². The number of hydrogen-bond donors (Lipinski definition) is 0. The predicted molar refractivity (Wildman–Crippen MR) is 60.2 cm³/mol. The van der Waals surface area contributed by atoms with Gasteiger partial charge in [-0.15, -0.1) is 0 Å². The molecule has 0 spiro atoms. The van der Waals surface area contributed by atoms with E-state index in [2.05, 4.69) is 19.1 Å². The van der Waals surface area contributed by atoms with Crippen LogP contribution >= 0.6 is 0 Å². The Bertz CT molecular complexity index is 217. The molecule has 0 aromatic rings. The molecule has 14 heavy (non-hydrogen) atoms. The van der Waals surface area contributed by atoms with Gasteiger partial charge in [-0.1, -0.05) is 38.3 Å². The van der Waals surface area contributed by atoms with Gasteiger partial charge in [0.2, 0.25) is 0 Å². The third-order valence-corrected chi connectivity index (χ3v) is 3.29. The summed E-state index contributed by atoms with van der Waals surface area (Å²) in [5.74, 6) is 0.478. The lowest BCUT2D eigenvalue weighted by Crippen LogP contribution is -2.22. The minimum absolute atomic E-state index is 0.0656. The number of carbonyl (C=O) groups is 1. The first-order valence-corrected chi connectivity index (χ1v) is 5.92. The first kappa shape index (κ1) is 11.5. The van der Waals surface area contributed by atoms with Crippen molar-refractivity contribution in [3.05, 3.63) is 12.2 Å². The molecule has 0 bridgehead atoms. The summed E-state index contributed by atoms with van der Waals surface area (Å²) in [6.45, 7) is 4.23. The standard InChI is InChI=1S/C13H22O/c1-3-5-6-10-13(9-4-2)11-7-8-12(13)14/h4,9H,3,5-8,10-11H2,1-2H3/b9-4+/t13-/m0/s1. The molecule has 1 saturated carbocycles. The van der Waals surface area contributed by atoms with Crippen molar-refractivity contribution < 1.29 is 4.79 Å². The summed E-state index contributed by atoms with van der Waals surface area (Å²) < 4.78 is 0. The molecule has 1 fully saturated rings. The van der Waals surface area contributed by atoms with Gasteiger partial charge in [0.1, 0.15) is 5.78 Å². The van der Waals surface area contributed by atoms with Gasteiger partial charge < -0.3 is 0 Å². The highest BCUT2D eigenvalue weighted by molar-refractivity contribution is 5.88. The second kappa shape index (κ2) is 5.33. The molecule has 1 nitrogen and oxygen atoms in total. The van der Waals surface area contributed by atoms with Gasteiger partial charge in [0.15, 0.2) is 0 Å². The number of carbonyl (C=O) groups excluding carboxylic acids is 1. The summed E-state index contributed by atoms with van der Waals surface area (Å²) in [4.78, 5) is 11.8. The van der Waals surface area contributed by atoms with E-state index in [0.717, 1.165) is 25.7 Å². The van der Waals surface area contributed by atoms with E-state index in [1.807, 2.05) is 6.92 Å². The minimum atomic E-state index is -0.0656. The molecule has 0 aliphatic heterocycles. The molecule has 1 aliphatic rings. The lowest BCUT2D eigenvalue weighted by atomic mass is 9.80. The zero-order valence-corrected chi connectivity index (χ0v) is 9.51. The normalized spacial score (nSPS) is 27.7. The Kier molecular flexibility index (Phi) is 4.37. The number of Topliss-reactive ketones (excluding diaryl/α,β-unsaturated/α-hetero) is 1. The first-order valence-electron chi connectivity index (χ1n) is 5.92. The van der Waals surface area contributed by atoms with Crippen molar-refractivity contribution in [3.63, 3.8) is 0 Å². The zero-order valence-electron chi connectivity index (χ0n) is 9.51. The van der Waals surface area contributed by atoms with Crippen LogP contribution in [0.2, 0.25) is 0 Å². The number of unbranched alkanes of at least 4 members (excludes halogenated alkanes) is 2. The second-order valence-corrected chi connectivity index (χ2v) is 4.39. The van der Waals surface area contributed by atoms with Crippen molar-refractivity contribution in [1.82, 2.24) is 0 Å². The van der Waals surface area contributed by atoms with Crippen LogP contribution in [0.25, 0.3) is 0 Å². The van der Waals surface area contributed by atoms with E-state index >= 15 is 0 Å². The maximum absolute atomic E-state index is 11.8. The molecule has 1 aliphatic carbocycles. The van der Waals surface area contributed by atoms with E-state index < -0.39 is 0 Å². The third kappa shape index (κ3) is 2.46. The van der Waals surface area contributed by atoms with Crippen LogP contribution in [-0.2, 0) is 4.79 Å². The molecular weight excluding hydrogens is 172 g/mol. The highest BCUT2D eigenvalue weighted by atomic mass is 16.1. The van der Waals surface area contributed by atoms with E-state index in [1.165, 1.54) is 19.3 Å². The largest absolute Gasteiger partial charge is 0.299 e. The van der Waals surface area contributed by atoms with Gasteiger partial charge >= 0.3 is 0 Å². The fraction of sp³-hybridized carbons (Fsp3) is 0.769. The molecule has 0 heterocycles. The molecule has 0 amide bonds. The summed E-state index contributed by atoms with van der Waals surface area (Å²) in [5.41, 5.74) is -0.0656. The highest BCUT2D eigenvalue weighted by Gasteiger charge is 2.38. The summed E-state index contributed by atoms with van der Waals surface area (Å²) in [5, 5.41) is 0. The quantitative estimate of drug-likeness (QED) is 0.479. The highest BCUT2D eigenvalue weighted by Crippen LogP contribution is 2.40. The molecule has 0 saturated heterocycles. The molecule has 1 rings (SSSR count). The average molecular weight is 194 g/mol. The van der Waals surface area contributed by atoms with Crippen molar-refractivity contribution in [1.29, 1.82) is 0 Å². The van der Waals surface area contributed by atoms with Gasteiger partial charge in [-0.3, -0.25) is 4.79 Å². The Balaban J connectivity index is 2.57. The summed E-state index contributed by atoms with van der Waals surface area (Å²) in [6.07, 6.45) is 11.9. The topological polar surface area (TPSA) is 17.1 Å². The molecular formula is C13H22O. The van der Waals surface area contributed by atoms with Crippen molar-refractivity contribution in [2.75, 3.05) is 0 Å². The van der Waals surface area contributed by atoms with Crippen LogP contribution in [0, 0.1) is 5.41 Å². The molecule has 0 aromatic heterocycles. The molecule has 1 atom stereocenters. The molecule has 0 aromatic carbocycles. The van der Waals surface area contributed by atoms with Crippen LogP contribution in [0.4, 0.5) is 0 Å². The monoisotopic (exact) mass is 194 g/mol. The van der Waals surface area contributed by atoms with E-state index in [9.17, 15) is 4.79 Å². The smallest absolute Gasteiger partial charge is 0.142 e. The molecule has 0 N–H and O–H groups in total. The Morgan fingerprint density at radius 3 is 2.71 bits per heavy atom. The number of hydrogen-bond acceptors (Lipinski definition) is 1. The van der Waals surface area contributed by atoms with Crippen LogP contribution in [0.1, 0.15) is 58.8 Å². The van der Waals surface area contributed by atoms with Gasteiger partial charge in [-0.2, -0.15) is 0 Å². The first-order chi connectivity index (χ1) is 6.75. The predicted octanol–water partition coefficient (Wildman–Crippen LogP) is 3.88. The van der Waals surface area contributed by atoms with Crippen LogP contribution in [0.15, 0.2) is 12.2 Å². The van der Waals surface area contributed by atoms with E-state index in [4.69, 9.17) is 0 Å². The Labute approximate surface area is 87.6 Å². The van der Waals surface area contributed by atoms with Gasteiger partial charge in [0, 0.05) is 11.8 Å². The average Bonchev–Trinajstić information content (AvgIpc) is 2.50. The molecule has 0 unspecified atom stereocenters. The van der Waals surface area contributed by atoms with Crippen LogP contribution in [0.3, 0.4) is 0 Å². The lowest BCUT2D eigenvalue weighted by Gasteiger charge is -2.23. The number of rotatable bonds is 5. The van der Waals surface area contributed by atoms with Gasteiger partial charge in [0.25, 0.3) is 0 Å². The maximum Gasteiger partial charge on any atom is 0.142 e. The molecule has 0 radical (unpaired) electrons. The zero-order chi connectivity index (χ0) is 10.4. The van der Waals surface area contributed by atoms with E-state index in [0.29, 0.717) is 5.78 Å². The summed E-state index contributed by atoms with van der Waals surface area (Å²) in [6, 6.07) is 0. The Hall–Kier alpha value is -0.590. The van der Waals surface area contributed by atoms with Crippen molar-refractivity contribution >= 4 is 5.78 Å². The van der Waals surface area contributed by atoms with Gasteiger partial charge in [-0.05, 0) is 26.2 Å². The van der Waals surface area contributed by atoms with Crippen molar-refractivity contribution in [2.45, 2.75) is 58.8 Å². The lowest BCUT2D eigenvalue weighted by molar-refractivity contribution is -0.124. The maximum atomic E-state index is 11.8. The fourth-order valence-corrected chi connectivity index (χ4v) is 2.49. The Morgan fingerprint density at radius 2 is 2.21 bits per heavy atom. The SMILES string of the molecule is C/C=C/[C@]1(CCCCC)CCCC1=O. The number of allylic oxidation sites excluding steroid dienone is 2. The second-order valence-electron chi connectivity index (χ2n) is 4.39. The minimum Gasteiger partial charge on any atom is -0.299 e. The number of ketones is 1. The summed E-state index contributed by atoms with van der Waals surface area (Å²) in [7, 11) is 0. The Morgan fingerprint density at radius 1 is 1.43 bits per heavy atom. The van der Waals surface area contributed by atoms with Crippen LogP contribution in [0.5, 0.6) is 0 Å². The van der Waals surface area contributed by atoms with E-state index in [1.54, 1.807) is 0 Å². The third-order valence-electron chi connectivity index (χ3n) is 3.29. The van der Waals surface area contributed by atoms with Crippen LogP contribution in [-0.4, -0.2) is 5.78 Å². The molecule has 80 valence electrons.